The van der Waals surface area contributed by atoms with E-state index in [9.17, 15) is 4.79 Å². The van der Waals surface area contributed by atoms with E-state index in [-0.39, 0.29) is 36.8 Å². The van der Waals surface area contributed by atoms with Gasteiger partial charge >= 0.3 is 0 Å². The molecule has 2 fully saturated rings. The number of likely N-dealkylation sites (tertiary alicyclic amines) is 1. The Bertz CT molecular complexity index is 294. The summed E-state index contributed by atoms with van der Waals surface area (Å²) in [6.45, 7) is 3.04. The molecule has 1 saturated carbocycles. The first-order valence-electron chi connectivity index (χ1n) is 7.25. The fourth-order valence-corrected chi connectivity index (χ4v) is 3.35. The van der Waals surface area contributed by atoms with Crippen molar-refractivity contribution in [3.63, 3.8) is 0 Å². The normalized spacial score (nSPS) is 27.1. The Hall–Kier alpha value is -0.0300. The number of halogens is 2. The minimum Gasteiger partial charge on any atom is -0.342 e. The van der Waals surface area contributed by atoms with E-state index >= 15 is 0 Å². The molecule has 2 rings (SSSR count). The van der Waals surface area contributed by atoms with Gasteiger partial charge in [-0.1, -0.05) is 0 Å². The summed E-state index contributed by atoms with van der Waals surface area (Å²) < 4.78 is 0. The number of rotatable bonds is 3. The topological polar surface area (TPSA) is 49.6 Å². The number of piperidine rings is 1. The summed E-state index contributed by atoms with van der Waals surface area (Å²) >= 11 is 0. The van der Waals surface area contributed by atoms with Gasteiger partial charge in [-0.15, -0.1) is 24.8 Å². The average Bonchev–Trinajstić information content (AvgIpc) is 2.75. The Labute approximate surface area is 135 Å². The highest BCUT2D eigenvalue weighted by Crippen LogP contribution is 2.28. The molecule has 120 valence electrons. The molecule has 1 amide bonds. The summed E-state index contributed by atoms with van der Waals surface area (Å²) in [5.74, 6) is 1.34. The van der Waals surface area contributed by atoms with Gasteiger partial charge in [0, 0.05) is 31.6 Å². The lowest BCUT2D eigenvalue weighted by Gasteiger charge is -2.34. The maximum Gasteiger partial charge on any atom is 0.225 e. The van der Waals surface area contributed by atoms with Gasteiger partial charge in [-0.2, -0.15) is 0 Å². The number of carbonyl (C=O) groups excluding carboxylic acids is 1. The number of nitrogens with two attached hydrogens (primary N) is 1. The van der Waals surface area contributed by atoms with E-state index in [2.05, 4.69) is 23.9 Å². The van der Waals surface area contributed by atoms with Gasteiger partial charge in [-0.05, 0) is 52.1 Å². The van der Waals surface area contributed by atoms with Crippen LogP contribution in [-0.4, -0.2) is 55.5 Å². The second-order valence-electron chi connectivity index (χ2n) is 6.30. The average molecular weight is 326 g/mol. The van der Waals surface area contributed by atoms with Crippen molar-refractivity contribution < 1.29 is 4.79 Å². The summed E-state index contributed by atoms with van der Waals surface area (Å²) in [7, 11) is 4.24. The van der Waals surface area contributed by atoms with Crippen LogP contribution in [0.4, 0.5) is 0 Å². The zero-order chi connectivity index (χ0) is 13.1. The van der Waals surface area contributed by atoms with Crippen LogP contribution in [0.25, 0.3) is 0 Å². The summed E-state index contributed by atoms with van der Waals surface area (Å²) in [5, 5.41) is 0. The third-order valence-electron chi connectivity index (χ3n) is 4.37. The van der Waals surface area contributed by atoms with Gasteiger partial charge in [0.1, 0.15) is 0 Å². The van der Waals surface area contributed by atoms with Crippen molar-refractivity contribution in [2.45, 2.75) is 38.1 Å². The van der Waals surface area contributed by atoms with Crippen molar-refractivity contribution in [3.8, 4) is 0 Å². The van der Waals surface area contributed by atoms with Crippen LogP contribution >= 0.6 is 24.8 Å². The Kier molecular flexibility index (Phi) is 9.07. The number of amides is 1. The fraction of sp³-hybridized carbons (Fsp3) is 0.929. The summed E-state index contributed by atoms with van der Waals surface area (Å²) in [4.78, 5) is 16.7. The largest absolute Gasteiger partial charge is 0.342 e. The molecule has 2 aliphatic rings. The summed E-state index contributed by atoms with van der Waals surface area (Å²) in [6.07, 6.45) is 5.23. The number of hydrogen-bond acceptors (Lipinski definition) is 3. The van der Waals surface area contributed by atoms with Gasteiger partial charge in [0.05, 0.1) is 0 Å². The minimum absolute atomic E-state index is 0. The van der Waals surface area contributed by atoms with Crippen LogP contribution in [0.2, 0.25) is 0 Å². The van der Waals surface area contributed by atoms with Gasteiger partial charge in [-0.3, -0.25) is 4.79 Å². The van der Waals surface area contributed by atoms with Crippen molar-refractivity contribution in [1.82, 2.24) is 9.80 Å². The van der Waals surface area contributed by atoms with Crippen molar-refractivity contribution in [1.29, 1.82) is 0 Å². The van der Waals surface area contributed by atoms with E-state index < -0.39 is 0 Å². The number of nitrogens with zero attached hydrogens (tertiary/aromatic N) is 2. The molecular weight excluding hydrogens is 297 g/mol. The lowest BCUT2D eigenvalue weighted by Crippen LogP contribution is -2.43. The maximum atomic E-state index is 12.3. The molecule has 6 heteroatoms. The smallest absolute Gasteiger partial charge is 0.225 e. The maximum absolute atomic E-state index is 12.3. The fourth-order valence-electron chi connectivity index (χ4n) is 3.35. The first-order chi connectivity index (χ1) is 8.56. The summed E-state index contributed by atoms with van der Waals surface area (Å²) in [5.41, 5.74) is 5.89. The Morgan fingerprint density at radius 2 is 1.75 bits per heavy atom. The lowest BCUT2D eigenvalue weighted by molar-refractivity contribution is -0.136. The molecule has 1 aliphatic carbocycles. The van der Waals surface area contributed by atoms with Crippen LogP contribution in [0, 0.1) is 11.8 Å². The predicted octanol–water partition coefficient (Wildman–Crippen LogP) is 1.76. The van der Waals surface area contributed by atoms with E-state index in [4.69, 9.17) is 5.73 Å². The predicted molar refractivity (Wildman–Crippen MR) is 87.7 cm³/mol. The number of carbonyl (C=O) groups is 1. The highest BCUT2D eigenvalue weighted by atomic mass is 35.5. The third kappa shape index (κ3) is 5.40. The molecule has 0 aromatic heterocycles. The standard InChI is InChI=1S/C14H27N3O.2ClH/c1-16(2)10-11-5-7-17(8-6-11)14(18)12-3-4-13(15)9-12;;/h11-13H,3-10,15H2,1-2H3;2*1H. The number of hydrogen-bond donors (Lipinski definition) is 1. The van der Waals surface area contributed by atoms with Crippen LogP contribution in [-0.2, 0) is 4.79 Å². The molecule has 1 heterocycles. The molecule has 2 N–H and O–H groups in total. The Morgan fingerprint density at radius 3 is 2.20 bits per heavy atom. The SMILES string of the molecule is CN(C)CC1CCN(C(=O)C2CCC(N)C2)CC1.Cl.Cl. The quantitative estimate of drug-likeness (QED) is 0.860. The van der Waals surface area contributed by atoms with Crippen molar-refractivity contribution >= 4 is 30.7 Å². The van der Waals surface area contributed by atoms with E-state index in [0.29, 0.717) is 5.91 Å². The van der Waals surface area contributed by atoms with Gasteiger partial charge in [0.25, 0.3) is 0 Å². The molecule has 0 radical (unpaired) electrons. The zero-order valence-electron chi connectivity index (χ0n) is 12.6. The van der Waals surface area contributed by atoms with E-state index in [1.54, 1.807) is 0 Å². The van der Waals surface area contributed by atoms with Gasteiger partial charge in [0.15, 0.2) is 0 Å². The Morgan fingerprint density at radius 1 is 1.15 bits per heavy atom. The van der Waals surface area contributed by atoms with Crippen LogP contribution < -0.4 is 5.73 Å². The van der Waals surface area contributed by atoms with Crippen molar-refractivity contribution in [2.75, 3.05) is 33.7 Å². The van der Waals surface area contributed by atoms with Crippen LogP contribution in [0.5, 0.6) is 0 Å². The van der Waals surface area contributed by atoms with Crippen LogP contribution in [0.15, 0.2) is 0 Å². The molecule has 4 nitrogen and oxygen atoms in total. The third-order valence-corrected chi connectivity index (χ3v) is 4.37. The molecule has 1 saturated heterocycles. The Balaban J connectivity index is 0.00000180. The van der Waals surface area contributed by atoms with Crippen molar-refractivity contribution in [2.24, 2.45) is 17.6 Å². The molecule has 2 unspecified atom stereocenters. The lowest BCUT2D eigenvalue weighted by atomic mass is 9.95. The van der Waals surface area contributed by atoms with E-state index in [1.165, 1.54) is 0 Å². The molecule has 1 aliphatic heterocycles. The zero-order valence-corrected chi connectivity index (χ0v) is 14.2. The summed E-state index contributed by atoms with van der Waals surface area (Å²) in [6, 6.07) is 0.255. The van der Waals surface area contributed by atoms with Crippen molar-refractivity contribution in [3.05, 3.63) is 0 Å². The highest BCUT2D eigenvalue weighted by molar-refractivity contribution is 5.85. The van der Waals surface area contributed by atoms with Gasteiger partial charge in [0.2, 0.25) is 5.91 Å². The first-order valence-corrected chi connectivity index (χ1v) is 7.25. The molecule has 0 spiro atoms. The van der Waals surface area contributed by atoms with Crippen LogP contribution in [0.3, 0.4) is 0 Å². The second kappa shape index (κ2) is 9.08. The second-order valence-corrected chi connectivity index (χ2v) is 6.30. The van der Waals surface area contributed by atoms with Gasteiger partial charge in [-0.25, -0.2) is 0 Å². The van der Waals surface area contributed by atoms with Crippen LogP contribution in [0.1, 0.15) is 32.1 Å². The van der Waals surface area contributed by atoms with E-state index in [1.807, 2.05) is 0 Å². The van der Waals surface area contributed by atoms with Gasteiger partial charge < -0.3 is 15.5 Å². The molecular formula is C14H29Cl2N3O. The monoisotopic (exact) mass is 325 g/mol. The minimum atomic E-state index is 0. The van der Waals surface area contributed by atoms with E-state index in [0.717, 1.165) is 57.7 Å². The molecule has 0 aromatic rings. The molecule has 2 atom stereocenters. The molecule has 20 heavy (non-hydrogen) atoms. The molecule has 0 bridgehead atoms. The highest BCUT2D eigenvalue weighted by Gasteiger charge is 2.32. The first kappa shape index (κ1) is 20.0. The molecule has 0 aromatic carbocycles.